The third-order valence-electron chi connectivity index (χ3n) is 1.90. The van der Waals surface area contributed by atoms with E-state index in [4.69, 9.17) is 10.5 Å². The zero-order valence-corrected chi connectivity index (χ0v) is 10.2. The molecule has 0 aromatic rings. The summed E-state index contributed by atoms with van der Waals surface area (Å²) in [6.07, 6.45) is 1.33. The maximum Gasteiger partial charge on any atom is 0.279 e. The third kappa shape index (κ3) is 6.80. The summed E-state index contributed by atoms with van der Waals surface area (Å²) in [5.41, 5.74) is 5.30. The van der Waals surface area contributed by atoms with Crippen molar-refractivity contribution in [3.05, 3.63) is 0 Å². The van der Waals surface area contributed by atoms with Crippen LogP contribution in [0.1, 0.15) is 12.8 Å². The Bertz CT molecular complexity index is 244. The van der Waals surface area contributed by atoms with Crippen LogP contribution in [0.2, 0.25) is 0 Å². The Kier molecular flexibility index (Phi) is 7.89. The van der Waals surface area contributed by atoms with Gasteiger partial charge in [-0.05, 0) is 19.4 Å². The molecule has 15 heavy (non-hydrogen) atoms. The maximum atomic E-state index is 11.5. The van der Waals surface area contributed by atoms with Gasteiger partial charge in [0.15, 0.2) is 0 Å². The van der Waals surface area contributed by atoms with E-state index in [-0.39, 0.29) is 0 Å². The van der Waals surface area contributed by atoms with Crippen LogP contribution in [0.4, 0.5) is 0 Å². The molecule has 0 aromatic carbocycles. The fourth-order valence-electron chi connectivity index (χ4n) is 0.962. The molecule has 3 N–H and O–H groups in total. The van der Waals surface area contributed by atoms with Gasteiger partial charge < -0.3 is 10.5 Å². The van der Waals surface area contributed by atoms with Crippen molar-refractivity contribution in [2.24, 2.45) is 5.73 Å². The van der Waals surface area contributed by atoms with Crippen molar-refractivity contribution in [2.45, 2.75) is 12.8 Å². The number of nitrogens with two attached hydrogens (primary N) is 1. The second-order valence-electron chi connectivity index (χ2n) is 3.21. The van der Waals surface area contributed by atoms with E-state index in [1.54, 1.807) is 7.11 Å². The van der Waals surface area contributed by atoms with Crippen molar-refractivity contribution in [3.8, 4) is 0 Å². The van der Waals surface area contributed by atoms with E-state index in [0.717, 1.165) is 0 Å². The average Bonchev–Trinajstić information content (AvgIpc) is 2.21. The van der Waals surface area contributed by atoms with E-state index in [9.17, 15) is 8.42 Å². The molecule has 0 aliphatic rings. The largest absolute Gasteiger partial charge is 0.385 e. The minimum absolute atomic E-state index is 0.392. The first kappa shape index (κ1) is 14.8. The third-order valence-corrected chi connectivity index (χ3v) is 3.47. The Hall–Kier alpha value is -0.210. The first-order valence-electron chi connectivity index (χ1n) is 4.94. The van der Waals surface area contributed by atoms with Gasteiger partial charge in [0.05, 0.1) is 0 Å². The minimum Gasteiger partial charge on any atom is -0.385 e. The van der Waals surface area contributed by atoms with Gasteiger partial charge in [0.1, 0.15) is 0 Å². The number of methoxy groups -OCH3 is 1. The van der Waals surface area contributed by atoms with E-state index >= 15 is 0 Å². The fourth-order valence-corrected chi connectivity index (χ4v) is 1.95. The molecule has 0 rings (SSSR count). The number of ether oxygens (including phenoxy) is 1. The molecular formula is C8H21N3O3S. The summed E-state index contributed by atoms with van der Waals surface area (Å²) >= 11 is 0. The lowest BCUT2D eigenvalue weighted by Crippen LogP contribution is -2.39. The Labute approximate surface area is 92.0 Å². The van der Waals surface area contributed by atoms with Gasteiger partial charge >= 0.3 is 0 Å². The number of hydrogen-bond acceptors (Lipinski definition) is 4. The molecule has 0 atom stereocenters. The Balaban J connectivity index is 3.84. The highest BCUT2D eigenvalue weighted by Crippen LogP contribution is 1.95. The van der Waals surface area contributed by atoms with Crippen LogP contribution in [0.5, 0.6) is 0 Å². The van der Waals surface area contributed by atoms with Gasteiger partial charge in [-0.3, -0.25) is 0 Å². The van der Waals surface area contributed by atoms with Crippen LogP contribution in [0.3, 0.4) is 0 Å². The van der Waals surface area contributed by atoms with Crippen molar-refractivity contribution < 1.29 is 13.2 Å². The first-order valence-corrected chi connectivity index (χ1v) is 6.38. The molecule has 7 heteroatoms. The number of hydrogen-bond donors (Lipinski definition) is 2. The molecule has 0 fully saturated rings. The molecule has 0 saturated heterocycles. The standard InChI is InChI=1S/C8H21N3O3S/c1-11(7-3-5-9)15(12,13)10-6-4-8-14-2/h10H,3-9H2,1-2H3. The zero-order chi connectivity index (χ0) is 11.7. The molecule has 92 valence electrons. The van der Waals surface area contributed by atoms with Crippen LogP contribution < -0.4 is 10.5 Å². The minimum atomic E-state index is -3.34. The highest BCUT2D eigenvalue weighted by atomic mass is 32.2. The monoisotopic (exact) mass is 239 g/mol. The zero-order valence-electron chi connectivity index (χ0n) is 9.40. The second-order valence-corrected chi connectivity index (χ2v) is 5.07. The summed E-state index contributed by atoms with van der Waals surface area (Å²) in [5.74, 6) is 0. The normalized spacial score (nSPS) is 12.3. The van der Waals surface area contributed by atoms with E-state index in [1.807, 2.05) is 0 Å². The fraction of sp³-hybridized carbons (Fsp3) is 1.00. The lowest BCUT2D eigenvalue weighted by atomic mass is 10.4. The molecule has 0 heterocycles. The number of rotatable bonds is 9. The molecule has 0 radical (unpaired) electrons. The van der Waals surface area contributed by atoms with Crippen LogP contribution in [0.25, 0.3) is 0 Å². The van der Waals surface area contributed by atoms with E-state index < -0.39 is 10.2 Å². The van der Waals surface area contributed by atoms with Gasteiger partial charge in [0.25, 0.3) is 10.2 Å². The Morgan fingerprint density at radius 1 is 1.40 bits per heavy atom. The summed E-state index contributed by atoms with van der Waals surface area (Å²) in [4.78, 5) is 0. The smallest absolute Gasteiger partial charge is 0.279 e. The van der Waals surface area contributed by atoms with Crippen molar-refractivity contribution in [1.82, 2.24) is 9.03 Å². The van der Waals surface area contributed by atoms with Crippen LogP contribution in [0.15, 0.2) is 0 Å². The summed E-state index contributed by atoms with van der Waals surface area (Å²) in [6.45, 7) is 1.87. The Morgan fingerprint density at radius 2 is 2.07 bits per heavy atom. The molecule has 0 spiro atoms. The van der Waals surface area contributed by atoms with Crippen molar-refractivity contribution in [2.75, 3.05) is 40.4 Å². The van der Waals surface area contributed by atoms with Crippen LogP contribution in [-0.4, -0.2) is 53.1 Å². The summed E-state index contributed by atoms with van der Waals surface area (Å²) < 4.78 is 31.6. The molecule has 0 unspecified atom stereocenters. The van der Waals surface area contributed by atoms with Gasteiger partial charge in [0, 0.05) is 33.9 Å². The molecule has 0 aliphatic carbocycles. The lowest BCUT2D eigenvalue weighted by molar-refractivity contribution is 0.195. The lowest BCUT2D eigenvalue weighted by Gasteiger charge is -2.17. The molecular weight excluding hydrogens is 218 g/mol. The van der Waals surface area contributed by atoms with Gasteiger partial charge in [-0.1, -0.05) is 0 Å². The quantitative estimate of drug-likeness (QED) is 0.513. The summed E-state index contributed by atoms with van der Waals surface area (Å²) in [7, 11) is -0.220. The number of nitrogens with zero attached hydrogens (tertiary/aromatic N) is 1. The molecule has 0 aromatic heterocycles. The van der Waals surface area contributed by atoms with E-state index in [1.165, 1.54) is 11.4 Å². The summed E-state index contributed by atoms with van der Waals surface area (Å²) in [5, 5.41) is 0. The van der Waals surface area contributed by atoms with Crippen LogP contribution in [-0.2, 0) is 14.9 Å². The van der Waals surface area contributed by atoms with Crippen molar-refractivity contribution in [3.63, 3.8) is 0 Å². The molecule has 0 bridgehead atoms. The SMILES string of the molecule is COCCCNS(=O)(=O)N(C)CCCN. The second kappa shape index (κ2) is 8.00. The topological polar surface area (TPSA) is 84.7 Å². The molecule has 6 nitrogen and oxygen atoms in total. The van der Waals surface area contributed by atoms with Gasteiger partial charge in [-0.15, -0.1) is 0 Å². The molecule has 0 amide bonds. The highest BCUT2D eigenvalue weighted by molar-refractivity contribution is 7.87. The maximum absolute atomic E-state index is 11.5. The Morgan fingerprint density at radius 3 is 2.60 bits per heavy atom. The van der Waals surface area contributed by atoms with Crippen LogP contribution >= 0.6 is 0 Å². The number of nitrogens with one attached hydrogen (secondary N) is 1. The molecule has 0 saturated carbocycles. The highest BCUT2D eigenvalue weighted by Gasteiger charge is 2.15. The molecule has 0 aliphatic heterocycles. The first-order chi connectivity index (χ1) is 7.04. The average molecular weight is 239 g/mol. The van der Waals surface area contributed by atoms with E-state index in [0.29, 0.717) is 39.1 Å². The van der Waals surface area contributed by atoms with Gasteiger partial charge in [0.2, 0.25) is 0 Å². The van der Waals surface area contributed by atoms with Crippen LogP contribution in [0, 0.1) is 0 Å². The van der Waals surface area contributed by atoms with Gasteiger partial charge in [-0.2, -0.15) is 12.7 Å². The van der Waals surface area contributed by atoms with Gasteiger partial charge in [-0.25, -0.2) is 4.72 Å². The predicted octanol–water partition coefficient (Wildman–Crippen LogP) is -0.862. The van der Waals surface area contributed by atoms with Crippen molar-refractivity contribution in [1.29, 1.82) is 0 Å². The predicted molar refractivity (Wildman–Crippen MR) is 59.7 cm³/mol. The summed E-state index contributed by atoms with van der Waals surface area (Å²) in [6, 6.07) is 0. The van der Waals surface area contributed by atoms with Crippen molar-refractivity contribution >= 4 is 10.2 Å². The van der Waals surface area contributed by atoms with E-state index in [2.05, 4.69) is 4.72 Å².